The number of hydrogen-bond donors (Lipinski definition) is 1. The Hall–Kier alpha value is 0.140. The Morgan fingerprint density at radius 2 is 2.07 bits per heavy atom. The molecule has 0 amide bonds. The molecule has 3 heteroatoms. The van der Waals surface area contributed by atoms with Crippen LogP contribution >= 0.6 is 31.9 Å². The van der Waals surface area contributed by atoms with Crippen molar-refractivity contribution in [3.8, 4) is 0 Å². The minimum atomic E-state index is 0.169. The molecule has 2 rings (SSSR count). The van der Waals surface area contributed by atoms with Crippen LogP contribution in [0.3, 0.4) is 0 Å². The van der Waals surface area contributed by atoms with Crippen LogP contribution in [-0.2, 0) is 0 Å². The molecule has 1 nitrogen and oxygen atoms in total. The van der Waals surface area contributed by atoms with Crippen LogP contribution in [0, 0.1) is 5.92 Å². The SMILES string of the molecule is NC(CC1CCC1)c1cc(Br)ccc1Br. The van der Waals surface area contributed by atoms with Gasteiger partial charge < -0.3 is 5.73 Å². The van der Waals surface area contributed by atoms with E-state index in [0.29, 0.717) is 0 Å². The van der Waals surface area contributed by atoms with Gasteiger partial charge in [0.1, 0.15) is 0 Å². The third-order valence-electron chi connectivity index (χ3n) is 3.17. The smallest absolute Gasteiger partial charge is 0.0309 e. The fourth-order valence-electron chi connectivity index (χ4n) is 2.01. The van der Waals surface area contributed by atoms with Crippen molar-refractivity contribution in [2.75, 3.05) is 0 Å². The number of nitrogens with two attached hydrogens (primary N) is 1. The van der Waals surface area contributed by atoms with Crippen LogP contribution in [0.4, 0.5) is 0 Å². The first-order chi connectivity index (χ1) is 7.16. The van der Waals surface area contributed by atoms with Crippen LogP contribution in [0.5, 0.6) is 0 Å². The summed E-state index contributed by atoms with van der Waals surface area (Å²) in [6.45, 7) is 0. The summed E-state index contributed by atoms with van der Waals surface area (Å²) >= 11 is 7.05. The quantitative estimate of drug-likeness (QED) is 0.872. The lowest BCUT2D eigenvalue weighted by atomic mass is 9.80. The van der Waals surface area contributed by atoms with Crippen molar-refractivity contribution >= 4 is 31.9 Å². The Balaban J connectivity index is 2.09. The summed E-state index contributed by atoms with van der Waals surface area (Å²) in [4.78, 5) is 0. The van der Waals surface area contributed by atoms with Gasteiger partial charge in [0.05, 0.1) is 0 Å². The van der Waals surface area contributed by atoms with Crippen LogP contribution < -0.4 is 5.73 Å². The maximum Gasteiger partial charge on any atom is 0.0309 e. The summed E-state index contributed by atoms with van der Waals surface area (Å²) < 4.78 is 2.22. The van der Waals surface area contributed by atoms with E-state index in [9.17, 15) is 0 Å². The lowest BCUT2D eigenvalue weighted by molar-refractivity contribution is 0.277. The molecule has 0 radical (unpaired) electrons. The molecule has 0 bridgehead atoms. The van der Waals surface area contributed by atoms with Crippen molar-refractivity contribution in [3.63, 3.8) is 0 Å². The molecular weight excluding hydrogens is 318 g/mol. The van der Waals surface area contributed by atoms with Gasteiger partial charge in [-0.15, -0.1) is 0 Å². The second kappa shape index (κ2) is 4.98. The number of rotatable bonds is 3. The first kappa shape index (κ1) is 11.6. The van der Waals surface area contributed by atoms with E-state index in [1.165, 1.54) is 24.8 Å². The molecule has 1 atom stereocenters. The lowest BCUT2D eigenvalue weighted by Gasteiger charge is -2.28. The van der Waals surface area contributed by atoms with Gasteiger partial charge in [-0.2, -0.15) is 0 Å². The summed E-state index contributed by atoms with van der Waals surface area (Å²) in [5.74, 6) is 0.853. The molecule has 1 aromatic rings. The highest BCUT2D eigenvalue weighted by molar-refractivity contribution is 9.11. The summed E-state index contributed by atoms with van der Waals surface area (Å²) in [5.41, 5.74) is 7.44. The van der Waals surface area contributed by atoms with E-state index in [1.54, 1.807) is 0 Å². The summed E-state index contributed by atoms with van der Waals surface area (Å²) in [6, 6.07) is 6.37. The molecule has 0 heterocycles. The van der Waals surface area contributed by atoms with Gasteiger partial charge in [-0.1, -0.05) is 51.1 Å². The molecular formula is C12H15Br2N. The standard InChI is InChI=1S/C12H15Br2N/c13-9-4-5-11(14)10(7-9)12(15)6-8-2-1-3-8/h4-5,7-8,12H,1-3,6,15H2. The van der Waals surface area contributed by atoms with E-state index in [2.05, 4.69) is 44.0 Å². The molecule has 2 N–H and O–H groups in total. The lowest BCUT2D eigenvalue weighted by Crippen LogP contribution is -2.20. The molecule has 82 valence electrons. The molecule has 1 aliphatic rings. The molecule has 1 aromatic carbocycles. The predicted molar refractivity (Wildman–Crippen MR) is 70.7 cm³/mol. The minimum Gasteiger partial charge on any atom is -0.324 e. The van der Waals surface area contributed by atoms with Crippen molar-refractivity contribution in [2.45, 2.75) is 31.7 Å². The van der Waals surface area contributed by atoms with E-state index < -0.39 is 0 Å². The molecule has 0 aromatic heterocycles. The highest BCUT2D eigenvalue weighted by atomic mass is 79.9. The van der Waals surface area contributed by atoms with Crippen molar-refractivity contribution in [1.82, 2.24) is 0 Å². The Labute approximate surface area is 108 Å². The fraction of sp³-hybridized carbons (Fsp3) is 0.500. The van der Waals surface area contributed by atoms with Crippen molar-refractivity contribution < 1.29 is 0 Å². The summed E-state index contributed by atoms with van der Waals surface area (Å²) in [6.07, 6.45) is 5.23. The first-order valence-corrected chi connectivity index (χ1v) is 6.96. The minimum absolute atomic E-state index is 0.169. The third kappa shape index (κ3) is 2.83. The van der Waals surface area contributed by atoms with Gasteiger partial charge in [0, 0.05) is 15.0 Å². The van der Waals surface area contributed by atoms with Gasteiger partial charge in [-0.3, -0.25) is 0 Å². The topological polar surface area (TPSA) is 26.0 Å². The largest absolute Gasteiger partial charge is 0.324 e. The summed E-state index contributed by atoms with van der Waals surface area (Å²) in [5, 5.41) is 0. The molecule has 0 saturated heterocycles. The third-order valence-corrected chi connectivity index (χ3v) is 4.38. The van der Waals surface area contributed by atoms with Crippen LogP contribution in [0.2, 0.25) is 0 Å². The average Bonchev–Trinajstić information content (AvgIpc) is 2.15. The van der Waals surface area contributed by atoms with E-state index in [1.807, 2.05) is 6.07 Å². The van der Waals surface area contributed by atoms with Crippen molar-refractivity contribution in [2.24, 2.45) is 11.7 Å². The molecule has 0 spiro atoms. The maximum atomic E-state index is 6.22. The normalized spacial score (nSPS) is 18.6. The molecule has 1 fully saturated rings. The zero-order valence-electron chi connectivity index (χ0n) is 8.55. The number of benzene rings is 1. The maximum absolute atomic E-state index is 6.22. The van der Waals surface area contributed by atoms with Gasteiger partial charge in [-0.05, 0) is 36.1 Å². The van der Waals surface area contributed by atoms with E-state index >= 15 is 0 Å². The van der Waals surface area contributed by atoms with Crippen LogP contribution in [0.1, 0.15) is 37.3 Å². The Kier molecular flexibility index (Phi) is 3.86. The Bertz CT molecular complexity index is 347. The van der Waals surface area contributed by atoms with Gasteiger partial charge >= 0.3 is 0 Å². The molecule has 1 saturated carbocycles. The van der Waals surface area contributed by atoms with Crippen LogP contribution in [0.15, 0.2) is 27.1 Å². The molecule has 1 aliphatic carbocycles. The van der Waals surface area contributed by atoms with Gasteiger partial charge in [0.25, 0.3) is 0 Å². The number of hydrogen-bond acceptors (Lipinski definition) is 1. The fourth-order valence-corrected chi connectivity index (χ4v) is 2.93. The monoisotopic (exact) mass is 331 g/mol. The van der Waals surface area contributed by atoms with Crippen molar-refractivity contribution in [3.05, 3.63) is 32.7 Å². The summed E-state index contributed by atoms with van der Waals surface area (Å²) in [7, 11) is 0. The highest BCUT2D eigenvalue weighted by Gasteiger charge is 2.21. The zero-order valence-corrected chi connectivity index (χ0v) is 11.7. The predicted octanol–water partition coefficient (Wildman–Crippen LogP) is 4.40. The molecule has 15 heavy (non-hydrogen) atoms. The van der Waals surface area contributed by atoms with E-state index in [4.69, 9.17) is 5.73 Å². The Morgan fingerprint density at radius 3 is 2.67 bits per heavy atom. The van der Waals surface area contributed by atoms with Crippen molar-refractivity contribution in [1.29, 1.82) is 0 Å². The van der Waals surface area contributed by atoms with Crippen LogP contribution in [-0.4, -0.2) is 0 Å². The molecule has 1 unspecified atom stereocenters. The highest BCUT2D eigenvalue weighted by Crippen LogP contribution is 2.36. The van der Waals surface area contributed by atoms with E-state index in [-0.39, 0.29) is 6.04 Å². The second-order valence-electron chi connectivity index (χ2n) is 4.30. The number of halogens is 2. The molecule has 0 aliphatic heterocycles. The second-order valence-corrected chi connectivity index (χ2v) is 6.07. The van der Waals surface area contributed by atoms with Crippen LogP contribution in [0.25, 0.3) is 0 Å². The van der Waals surface area contributed by atoms with Gasteiger partial charge in [-0.25, -0.2) is 0 Å². The Morgan fingerprint density at radius 1 is 1.33 bits per heavy atom. The van der Waals surface area contributed by atoms with Gasteiger partial charge in [0.2, 0.25) is 0 Å². The van der Waals surface area contributed by atoms with Gasteiger partial charge in [0.15, 0.2) is 0 Å². The first-order valence-electron chi connectivity index (χ1n) is 5.37. The zero-order chi connectivity index (χ0) is 10.8. The average molecular weight is 333 g/mol. The van der Waals surface area contributed by atoms with E-state index in [0.717, 1.165) is 21.3 Å².